The van der Waals surface area contributed by atoms with E-state index in [1.165, 1.54) is 17.7 Å². The molecule has 2 nitrogen and oxygen atoms in total. The van der Waals surface area contributed by atoms with Gasteiger partial charge in [0.25, 0.3) is 0 Å². The van der Waals surface area contributed by atoms with E-state index in [0.29, 0.717) is 5.41 Å². The Morgan fingerprint density at radius 2 is 2.38 bits per heavy atom. The summed E-state index contributed by atoms with van der Waals surface area (Å²) < 4.78 is 0. The molecule has 1 aromatic heterocycles. The summed E-state index contributed by atoms with van der Waals surface area (Å²) in [4.78, 5) is 5.39. The maximum Gasteiger partial charge on any atom is 0.0794 e. The Hall–Kier alpha value is -0.410. The van der Waals surface area contributed by atoms with Crippen molar-refractivity contribution in [2.45, 2.75) is 39.3 Å². The molecule has 0 saturated heterocycles. The lowest BCUT2D eigenvalue weighted by Crippen LogP contribution is -2.45. The third kappa shape index (κ3) is 2.29. The molecular weight excluding hydrogens is 180 g/mol. The standard InChI is InChI=1S/C10H16N2S/c1-10(2)3-8(4-10)12-6-9-5-11-7-13-9/h5,7-8,12H,3-4,6H2,1-2H3. The molecule has 2 rings (SSSR count). The monoisotopic (exact) mass is 196 g/mol. The molecule has 1 heterocycles. The lowest BCUT2D eigenvalue weighted by molar-refractivity contribution is 0.125. The first-order chi connectivity index (χ1) is 6.16. The second-order valence-corrected chi connectivity index (χ2v) is 5.59. The van der Waals surface area contributed by atoms with Crippen LogP contribution in [-0.4, -0.2) is 11.0 Å². The summed E-state index contributed by atoms with van der Waals surface area (Å²) in [5, 5.41) is 3.55. The minimum atomic E-state index is 0.575. The van der Waals surface area contributed by atoms with E-state index in [0.717, 1.165) is 12.6 Å². The molecule has 0 bridgehead atoms. The van der Waals surface area contributed by atoms with E-state index >= 15 is 0 Å². The summed E-state index contributed by atoms with van der Waals surface area (Å²) in [6, 6.07) is 0.733. The largest absolute Gasteiger partial charge is 0.309 e. The van der Waals surface area contributed by atoms with Crippen LogP contribution in [0.1, 0.15) is 31.6 Å². The molecule has 1 aromatic rings. The molecular formula is C10H16N2S. The second kappa shape index (κ2) is 3.39. The highest BCUT2D eigenvalue weighted by Gasteiger charge is 2.35. The van der Waals surface area contributed by atoms with Crippen molar-refractivity contribution in [2.24, 2.45) is 5.41 Å². The predicted molar refractivity (Wildman–Crippen MR) is 55.8 cm³/mol. The molecule has 0 spiro atoms. The minimum Gasteiger partial charge on any atom is -0.309 e. The molecule has 0 aromatic carbocycles. The number of thiazole rings is 1. The Balaban J connectivity index is 1.71. The zero-order valence-electron chi connectivity index (χ0n) is 8.21. The third-order valence-corrected chi connectivity index (χ3v) is 3.43. The van der Waals surface area contributed by atoms with E-state index in [1.54, 1.807) is 11.3 Å². The van der Waals surface area contributed by atoms with Crippen LogP contribution in [0.5, 0.6) is 0 Å². The van der Waals surface area contributed by atoms with Crippen molar-refractivity contribution in [2.75, 3.05) is 0 Å². The molecule has 3 heteroatoms. The summed E-state index contributed by atoms with van der Waals surface area (Å²) in [6.07, 6.45) is 4.57. The van der Waals surface area contributed by atoms with Gasteiger partial charge >= 0.3 is 0 Å². The van der Waals surface area contributed by atoms with Crippen LogP contribution in [0.25, 0.3) is 0 Å². The summed E-state index contributed by atoms with van der Waals surface area (Å²) in [7, 11) is 0. The van der Waals surface area contributed by atoms with Gasteiger partial charge in [-0.15, -0.1) is 11.3 Å². The van der Waals surface area contributed by atoms with Crippen molar-refractivity contribution >= 4 is 11.3 Å². The third-order valence-electron chi connectivity index (χ3n) is 2.65. The van der Waals surface area contributed by atoms with Gasteiger partial charge in [0.2, 0.25) is 0 Å². The summed E-state index contributed by atoms with van der Waals surface area (Å²) >= 11 is 1.73. The molecule has 0 unspecified atom stereocenters. The van der Waals surface area contributed by atoms with Gasteiger partial charge in [0.15, 0.2) is 0 Å². The number of aromatic nitrogens is 1. The van der Waals surface area contributed by atoms with Gasteiger partial charge in [-0.25, -0.2) is 0 Å². The zero-order valence-corrected chi connectivity index (χ0v) is 9.03. The average molecular weight is 196 g/mol. The van der Waals surface area contributed by atoms with E-state index in [4.69, 9.17) is 0 Å². The molecule has 0 atom stereocenters. The number of nitrogens with zero attached hydrogens (tertiary/aromatic N) is 1. The summed E-state index contributed by atoms with van der Waals surface area (Å²) in [6.45, 7) is 5.65. The molecule has 1 N–H and O–H groups in total. The van der Waals surface area contributed by atoms with Crippen LogP contribution in [0.3, 0.4) is 0 Å². The molecule has 0 radical (unpaired) electrons. The minimum absolute atomic E-state index is 0.575. The van der Waals surface area contributed by atoms with Crippen molar-refractivity contribution in [3.8, 4) is 0 Å². The molecule has 13 heavy (non-hydrogen) atoms. The van der Waals surface area contributed by atoms with Crippen LogP contribution in [-0.2, 0) is 6.54 Å². The Kier molecular flexibility index (Phi) is 2.39. The number of rotatable bonds is 3. The van der Waals surface area contributed by atoms with E-state index in [9.17, 15) is 0 Å². The molecule has 1 aliphatic carbocycles. The van der Waals surface area contributed by atoms with Crippen molar-refractivity contribution in [3.05, 3.63) is 16.6 Å². The quantitative estimate of drug-likeness (QED) is 0.803. The van der Waals surface area contributed by atoms with Gasteiger partial charge in [-0.1, -0.05) is 13.8 Å². The molecule has 1 aliphatic rings. The van der Waals surface area contributed by atoms with Crippen molar-refractivity contribution < 1.29 is 0 Å². The number of hydrogen-bond donors (Lipinski definition) is 1. The highest BCUT2D eigenvalue weighted by atomic mass is 32.1. The topological polar surface area (TPSA) is 24.9 Å². The van der Waals surface area contributed by atoms with Gasteiger partial charge < -0.3 is 5.32 Å². The van der Waals surface area contributed by atoms with Crippen LogP contribution in [0, 0.1) is 5.41 Å². The Morgan fingerprint density at radius 3 is 2.92 bits per heavy atom. The van der Waals surface area contributed by atoms with E-state index in [-0.39, 0.29) is 0 Å². The van der Waals surface area contributed by atoms with Crippen LogP contribution >= 0.6 is 11.3 Å². The first-order valence-corrected chi connectivity index (χ1v) is 5.64. The van der Waals surface area contributed by atoms with Gasteiger partial charge in [0.05, 0.1) is 5.51 Å². The first-order valence-electron chi connectivity index (χ1n) is 4.76. The van der Waals surface area contributed by atoms with Gasteiger partial charge in [-0.3, -0.25) is 4.98 Å². The SMILES string of the molecule is CC1(C)CC(NCc2cncs2)C1. The zero-order chi connectivity index (χ0) is 9.31. The van der Waals surface area contributed by atoms with E-state index in [1.807, 2.05) is 11.7 Å². The van der Waals surface area contributed by atoms with Gasteiger partial charge in [0.1, 0.15) is 0 Å². The fraction of sp³-hybridized carbons (Fsp3) is 0.700. The van der Waals surface area contributed by atoms with Crippen molar-refractivity contribution in [1.82, 2.24) is 10.3 Å². The molecule has 1 saturated carbocycles. The van der Waals surface area contributed by atoms with Crippen molar-refractivity contribution in [1.29, 1.82) is 0 Å². The fourth-order valence-electron chi connectivity index (χ4n) is 1.99. The van der Waals surface area contributed by atoms with E-state index in [2.05, 4.69) is 24.1 Å². The molecule has 72 valence electrons. The van der Waals surface area contributed by atoms with Crippen molar-refractivity contribution in [3.63, 3.8) is 0 Å². The maximum atomic E-state index is 4.05. The fourth-order valence-corrected chi connectivity index (χ4v) is 2.54. The molecule has 0 aliphatic heterocycles. The Morgan fingerprint density at radius 1 is 1.62 bits per heavy atom. The van der Waals surface area contributed by atoms with Crippen LogP contribution in [0.4, 0.5) is 0 Å². The number of hydrogen-bond acceptors (Lipinski definition) is 3. The number of nitrogens with one attached hydrogen (secondary N) is 1. The van der Waals surface area contributed by atoms with Gasteiger partial charge in [-0.2, -0.15) is 0 Å². The Bertz CT molecular complexity index is 258. The normalized spacial score (nSPS) is 21.4. The van der Waals surface area contributed by atoms with Crippen LogP contribution < -0.4 is 5.32 Å². The second-order valence-electron chi connectivity index (χ2n) is 4.62. The Labute approximate surface area is 83.4 Å². The summed E-state index contributed by atoms with van der Waals surface area (Å²) in [5.74, 6) is 0. The lowest BCUT2D eigenvalue weighted by Gasteiger charge is -2.43. The average Bonchev–Trinajstić information content (AvgIpc) is 2.48. The lowest BCUT2D eigenvalue weighted by atomic mass is 9.68. The maximum absolute atomic E-state index is 4.05. The van der Waals surface area contributed by atoms with Crippen LogP contribution in [0.15, 0.2) is 11.7 Å². The molecule has 1 fully saturated rings. The van der Waals surface area contributed by atoms with Gasteiger partial charge in [-0.05, 0) is 18.3 Å². The predicted octanol–water partition coefficient (Wildman–Crippen LogP) is 2.42. The summed E-state index contributed by atoms with van der Waals surface area (Å²) in [5.41, 5.74) is 2.47. The van der Waals surface area contributed by atoms with E-state index < -0.39 is 0 Å². The highest BCUT2D eigenvalue weighted by Crippen LogP contribution is 2.39. The smallest absolute Gasteiger partial charge is 0.0794 e. The molecule has 0 amide bonds. The van der Waals surface area contributed by atoms with Crippen LogP contribution in [0.2, 0.25) is 0 Å². The van der Waals surface area contributed by atoms with Gasteiger partial charge in [0, 0.05) is 23.7 Å². The highest BCUT2D eigenvalue weighted by molar-refractivity contribution is 7.09. The first kappa shape index (κ1) is 9.16.